The summed E-state index contributed by atoms with van der Waals surface area (Å²) in [6.45, 7) is 3.39. The van der Waals surface area contributed by atoms with Gasteiger partial charge >= 0.3 is 17.7 Å². The van der Waals surface area contributed by atoms with Crippen molar-refractivity contribution in [2.45, 2.75) is 32.3 Å². The summed E-state index contributed by atoms with van der Waals surface area (Å²) in [6, 6.07) is 7.21. The fourth-order valence-electron chi connectivity index (χ4n) is 3.35. The number of hydrogen-bond acceptors (Lipinski definition) is 10. The molecule has 2 aromatic rings. The Morgan fingerprint density at radius 3 is 2.56 bits per heavy atom. The minimum atomic E-state index is -0.706. The Labute approximate surface area is 185 Å². The molecular formula is C21H26N4O7. The minimum Gasteiger partial charge on any atom is -0.435 e. The smallest absolute Gasteiger partial charge is 0.435 e. The second-order valence-electron chi connectivity index (χ2n) is 7.08. The highest BCUT2D eigenvalue weighted by molar-refractivity contribution is 5.64. The molecule has 0 bridgehead atoms. The Morgan fingerprint density at radius 1 is 1.22 bits per heavy atom. The number of ether oxygens (including phenoxy) is 4. The van der Waals surface area contributed by atoms with Crippen molar-refractivity contribution >= 4 is 17.7 Å². The maximum atomic E-state index is 11.8. The van der Waals surface area contributed by atoms with E-state index >= 15 is 0 Å². The average molecular weight is 446 g/mol. The number of methoxy groups -OCH3 is 1. The fourth-order valence-corrected chi connectivity index (χ4v) is 3.35. The van der Waals surface area contributed by atoms with Crippen molar-refractivity contribution in [2.24, 2.45) is 0 Å². The zero-order chi connectivity index (χ0) is 22.9. The number of benzene rings is 1. The lowest BCUT2D eigenvalue weighted by molar-refractivity contribution is -0.385. The average Bonchev–Trinajstić information content (AvgIpc) is 2.79. The summed E-state index contributed by atoms with van der Waals surface area (Å²) in [6.07, 6.45) is 1.98. The van der Waals surface area contributed by atoms with Crippen LogP contribution in [0.2, 0.25) is 0 Å². The Bertz CT molecular complexity index is 915. The Balaban J connectivity index is 1.71. The van der Waals surface area contributed by atoms with Gasteiger partial charge in [-0.2, -0.15) is 4.98 Å². The minimum absolute atomic E-state index is 0.130. The molecule has 1 aliphatic rings. The van der Waals surface area contributed by atoms with Gasteiger partial charge in [0.2, 0.25) is 5.82 Å². The molecule has 11 heteroatoms. The van der Waals surface area contributed by atoms with Crippen LogP contribution < -0.4 is 9.64 Å². The maximum Gasteiger partial charge on any atom is 0.508 e. The van der Waals surface area contributed by atoms with E-state index in [2.05, 4.69) is 9.97 Å². The van der Waals surface area contributed by atoms with Crippen LogP contribution in [0.15, 0.2) is 30.6 Å². The summed E-state index contributed by atoms with van der Waals surface area (Å²) in [4.78, 5) is 32.7. The first-order valence-electron chi connectivity index (χ1n) is 10.3. The molecule has 0 saturated carbocycles. The van der Waals surface area contributed by atoms with Gasteiger partial charge in [0.25, 0.3) is 0 Å². The van der Waals surface area contributed by atoms with Crippen LogP contribution in [-0.4, -0.2) is 60.6 Å². The monoisotopic (exact) mass is 446 g/mol. The van der Waals surface area contributed by atoms with Crippen LogP contribution in [0, 0.1) is 10.1 Å². The van der Waals surface area contributed by atoms with Gasteiger partial charge in [-0.1, -0.05) is 12.1 Å². The van der Waals surface area contributed by atoms with Crippen molar-refractivity contribution in [3.8, 4) is 11.6 Å². The topological polar surface area (TPSA) is 126 Å². The molecule has 0 atom stereocenters. The third-order valence-corrected chi connectivity index (χ3v) is 4.95. The van der Waals surface area contributed by atoms with Gasteiger partial charge < -0.3 is 23.8 Å². The first-order valence-corrected chi connectivity index (χ1v) is 10.3. The first-order chi connectivity index (χ1) is 15.5. The van der Waals surface area contributed by atoms with E-state index in [4.69, 9.17) is 18.9 Å². The Hall–Kier alpha value is -3.47. The first kappa shape index (κ1) is 23.2. The van der Waals surface area contributed by atoms with Crippen LogP contribution in [-0.2, 0) is 20.6 Å². The molecule has 0 unspecified atom stereocenters. The third kappa shape index (κ3) is 6.03. The number of piperidine rings is 1. The summed E-state index contributed by atoms with van der Waals surface area (Å²) in [7, 11) is 1.64. The number of rotatable bonds is 9. The molecule has 1 saturated heterocycles. The normalized spacial score (nSPS) is 14.1. The molecule has 1 fully saturated rings. The molecule has 0 N–H and O–H groups in total. The molecule has 11 nitrogen and oxygen atoms in total. The Kier molecular flexibility index (Phi) is 8.14. The number of nitrogens with zero attached hydrogens (tertiary/aromatic N) is 4. The van der Waals surface area contributed by atoms with E-state index in [1.54, 1.807) is 31.1 Å². The quantitative estimate of drug-likeness (QED) is 0.321. The van der Waals surface area contributed by atoms with Crippen molar-refractivity contribution < 1.29 is 28.7 Å². The van der Waals surface area contributed by atoms with Gasteiger partial charge in [0.05, 0.1) is 18.1 Å². The number of aromatic nitrogens is 2. The molecule has 1 aromatic carbocycles. The lowest BCUT2D eigenvalue weighted by Gasteiger charge is -2.31. The third-order valence-electron chi connectivity index (χ3n) is 4.95. The van der Waals surface area contributed by atoms with Crippen molar-refractivity contribution in [3.63, 3.8) is 0 Å². The molecule has 172 valence electrons. The summed E-state index contributed by atoms with van der Waals surface area (Å²) < 4.78 is 20.8. The molecular weight excluding hydrogens is 420 g/mol. The summed E-state index contributed by atoms with van der Waals surface area (Å²) >= 11 is 0. The van der Waals surface area contributed by atoms with Gasteiger partial charge in [-0.25, -0.2) is 9.78 Å². The second kappa shape index (κ2) is 11.2. The van der Waals surface area contributed by atoms with Crippen LogP contribution in [0.5, 0.6) is 11.6 Å². The number of carbonyl (C=O) groups excluding carboxylic acids is 1. The molecule has 3 rings (SSSR count). The molecule has 0 aliphatic carbocycles. The summed E-state index contributed by atoms with van der Waals surface area (Å²) in [5, 5.41) is 11.8. The van der Waals surface area contributed by atoms with Gasteiger partial charge in [0.1, 0.15) is 18.2 Å². The highest BCUT2D eigenvalue weighted by Gasteiger charge is 2.32. The number of hydrogen-bond donors (Lipinski definition) is 0. The van der Waals surface area contributed by atoms with Crippen LogP contribution in [0.25, 0.3) is 0 Å². The maximum absolute atomic E-state index is 11.8. The highest BCUT2D eigenvalue weighted by atomic mass is 16.7. The van der Waals surface area contributed by atoms with Gasteiger partial charge in [0.15, 0.2) is 0 Å². The number of anilines is 1. The summed E-state index contributed by atoms with van der Waals surface area (Å²) in [5.74, 6) is 0.473. The van der Waals surface area contributed by atoms with E-state index in [-0.39, 0.29) is 30.1 Å². The van der Waals surface area contributed by atoms with Crippen LogP contribution in [0.3, 0.4) is 0 Å². The van der Waals surface area contributed by atoms with Crippen molar-refractivity contribution in [2.75, 3.05) is 38.3 Å². The van der Waals surface area contributed by atoms with Crippen molar-refractivity contribution in [3.05, 3.63) is 46.3 Å². The molecule has 0 radical (unpaired) electrons. The van der Waals surface area contributed by atoms with E-state index in [1.807, 2.05) is 12.1 Å². The standard InChI is InChI=1S/C21H26N4O7/c1-3-30-21(26)32-17-8-11-24(12-9-17)19-18(25(27)28)20(23-14-22-19)31-16-6-4-15(5-7-16)10-13-29-2/h4-7,14,17H,3,8-13H2,1-2H3. The van der Waals surface area contributed by atoms with Gasteiger partial charge in [-0.15, -0.1) is 0 Å². The highest BCUT2D eigenvalue weighted by Crippen LogP contribution is 2.37. The van der Waals surface area contributed by atoms with Gasteiger partial charge in [-0.05, 0) is 31.0 Å². The SMILES string of the molecule is CCOC(=O)OC1CCN(c2ncnc(Oc3ccc(CCOC)cc3)c2[N+](=O)[O-])CC1. The largest absolute Gasteiger partial charge is 0.508 e. The van der Waals surface area contributed by atoms with Gasteiger partial charge in [-0.3, -0.25) is 10.1 Å². The van der Waals surface area contributed by atoms with E-state index in [1.165, 1.54) is 6.33 Å². The van der Waals surface area contributed by atoms with Crippen LogP contribution in [0.4, 0.5) is 16.3 Å². The van der Waals surface area contributed by atoms with E-state index in [9.17, 15) is 14.9 Å². The van der Waals surface area contributed by atoms with Crippen molar-refractivity contribution in [1.82, 2.24) is 9.97 Å². The molecule has 0 spiro atoms. The zero-order valence-corrected chi connectivity index (χ0v) is 18.1. The molecule has 1 aliphatic heterocycles. The Morgan fingerprint density at radius 2 is 1.94 bits per heavy atom. The lowest BCUT2D eigenvalue weighted by Crippen LogP contribution is -2.38. The predicted octanol–water partition coefficient (Wildman–Crippen LogP) is 3.51. The molecule has 2 heterocycles. The van der Waals surface area contributed by atoms with Crippen LogP contribution >= 0.6 is 0 Å². The molecule has 1 aromatic heterocycles. The fraction of sp³-hybridized carbons (Fsp3) is 0.476. The lowest BCUT2D eigenvalue weighted by atomic mass is 10.1. The second-order valence-corrected chi connectivity index (χ2v) is 7.08. The molecule has 0 amide bonds. The van der Waals surface area contributed by atoms with Crippen LogP contribution in [0.1, 0.15) is 25.3 Å². The van der Waals surface area contributed by atoms with E-state index in [0.717, 1.165) is 12.0 Å². The van der Waals surface area contributed by atoms with Gasteiger partial charge in [0, 0.05) is 33.0 Å². The van der Waals surface area contributed by atoms with E-state index in [0.29, 0.717) is 38.3 Å². The predicted molar refractivity (Wildman–Crippen MR) is 114 cm³/mol. The molecule has 32 heavy (non-hydrogen) atoms. The zero-order valence-electron chi connectivity index (χ0n) is 18.1. The number of carbonyl (C=O) groups is 1. The van der Waals surface area contributed by atoms with E-state index < -0.39 is 11.1 Å². The summed E-state index contributed by atoms with van der Waals surface area (Å²) in [5.41, 5.74) is 0.755. The van der Waals surface area contributed by atoms with Crippen molar-refractivity contribution in [1.29, 1.82) is 0 Å². The number of nitro groups is 1.